The minimum absolute atomic E-state index is 0.106. The molecule has 0 bridgehead atoms. The molecule has 7 heteroatoms. The lowest BCUT2D eigenvalue weighted by Gasteiger charge is -2.27. The number of anilines is 2. The van der Waals surface area contributed by atoms with Crippen LogP contribution in [0.5, 0.6) is 0 Å². The van der Waals surface area contributed by atoms with Crippen molar-refractivity contribution < 1.29 is 13.9 Å². The van der Waals surface area contributed by atoms with Crippen LogP contribution < -0.4 is 10.6 Å². The molecule has 0 saturated heterocycles. The molecule has 7 nitrogen and oxygen atoms in total. The number of hydrogen-bond acceptors (Lipinski definition) is 7. The van der Waals surface area contributed by atoms with Crippen LogP contribution in [0, 0.1) is 0 Å². The number of esters is 1. The molecule has 1 saturated carbocycles. The van der Waals surface area contributed by atoms with Crippen LogP contribution in [0.3, 0.4) is 0 Å². The van der Waals surface area contributed by atoms with Crippen LogP contribution in [0.25, 0.3) is 11.5 Å². The second-order valence-electron chi connectivity index (χ2n) is 5.88. The number of carbonyl (C=O) groups is 1. The van der Waals surface area contributed by atoms with Crippen LogP contribution in [0.4, 0.5) is 11.8 Å². The van der Waals surface area contributed by atoms with Crippen molar-refractivity contribution in [3.63, 3.8) is 0 Å². The molecular weight excluding hydrogens is 308 g/mol. The smallest absolute Gasteiger partial charge is 0.344 e. The highest BCUT2D eigenvalue weighted by molar-refractivity contribution is 6.01. The van der Waals surface area contributed by atoms with Gasteiger partial charge in [-0.15, -0.1) is 0 Å². The molecule has 0 radical (unpaired) electrons. The molecule has 0 atom stereocenters. The summed E-state index contributed by atoms with van der Waals surface area (Å²) in [5.74, 6) is 0.602. The topological polar surface area (TPSA) is 94.5 Å². The molecule has 0 aliphatic heterocycles. The Labute approximate surface area is 140 Å². The number of ether oxygens (including phenoxy) is 1. The first-order valence-electron chi connectivity index (χ1n) is 8.23. The van der Waals surface area contributed by atoms with E-state index in [1.165, 1.54) is 19.1 Å². The van der Waals surface area contributed by atoms with Crippen molar-refractivity contribution in [1.29, 1.82) is 0 Å². The summed E-state index contributed by atoms with van der Waals surface area (Å²) in [6.07, 6.45) is 6.02. The fourth-order valence-electron chi connectivity index (χ4n) is 3.17. The number of nitrogen functional groups attached to an aromatic ring is 1. The van der Waals surface area contributed by atoms with Crippen LogP contribution in [0.2, 0.25) is 0 Å². The van der Waals surface area contributed by atoms with Gasteiger partial charge >= 0.3 is 5.97 Å². The highest BCUT2D eigenvalue weighted by Gasteiger charge is 2.30. The predicted molar refractivity (Wildman–Crippen MR) is 90.8 cm³/mol. The maximum Gasteiger partial charge on any atom is 0.344 e. The van der Waals surface area contributed by atoms with E-state index in [9.17, 15) is 4.79 Å². The Morgan fingerprint density at radius 1 is 1.42 bits per heavy atom. The van der Waals surface area contributed by atoms with Crippen LogP contribution in [0.1, 0.15) is 43.0 Å². The van der Waals surface area contributed by atoms with Crippen molar-refractivity contribution in [1.82, 2.24) is 9.97 Å². The van der Waals surface area contributed by atoms with Crippen molar-refractivity contribution >= 4 is 17.7 Å². The molecule has 3 rings (SSSR count). The van der Waals surface area contributed by atoms with Crippen molar-refractivity contribution in [2.45, 2.75) is 38.6 Å². The first-order chi connectivity index (χ1) is 11.6. The first-order valence-corrected chi connectivity index (χ1v) is 8.23. The Balaban J connectivity index is 2.13. The summed E-state index contributed by atoms with van der Waals surface area (Å²) < 4.78 is 10.7. The Morgan fingerprint density at radius 3 is 2.79 bits per heavy atom. The average Bonchev–Trinajstić information content (AvgIpc) is 3.26. The summed E-state index contributed by atoms with van der Waals surface area (Å²) in [5, 5.41) is 0. The fourth-order valence-corrected chi connectivity index (χ4v) is 3.17. The molecule has 0 amide bonds. The number of aromatic nitrogens is 2. The molecule has 128 valence electrons. The normalized spacial score (nSPS) is 14.8. The van der Waals surface area contributed by atoms with Gasteiger partial charge in [-0.05, 0) is 31.9 Å². The van der Waals surface area contributed by atoms with Crippen LogP contribution in [-0.4, -0.2) is 35.6 Å². The highest BCUT2D eigenvalue weighted by atomic mass is 16.5. The van der Waals surface area contributed by atoms with Gasteiger partial charge in [0.15, 0.2) is 5.76 Å². The molecular formula is C17H22N4O3. The maximum atomic E-state index is 12.6. The number of nitrogens with zero attached hydrogens (tertiary/aromatic N) is 3. The second kappa shape index (κ2) is 6.90. The van der Waals surface area contributed by atoms with Crippen LogP contribution >= 0.6 is 0 Å². The molecule has 1 aliphatic rings. The summed E-state index contributed by atoms with van der Waals surface area (Å²) in [6.45, 7) is 2.04. The third-order valence-electron chi connectivity index (χ3n) is 4.35. The summed E-state index contributed by atoms with van der Waals surface area (Å²) >= 11 is 0. The maximum absolute atomic E-state index is 12.6. The largest absolute Gasteiger partial charge is 0.463 e. The minimum Gasteiger partial charge on any atom is -0.463 e. The quantitative estimate of drug-likeness (QED) is 0.842. The van der Waals surface area contributed by atoms with E-state index in [0.29, 0.717) is 28.9 Å². The third kappa shape index (κ3) is 3.06. The van der Waals surface area contributed by atoms with Gasteiger partial charge in [0.1, 0.15) is 17.1 Å². The summed E-state index contributed by atoms with van der Waals surface area (Å²) in [4.78, 5) is 23.2. The van der Waals surface area contributed by atoms with Gasteiger partial charge in [-0.25, -0.2) is 9.78 Å². The number of hydrogen-bond donors (Lipinski definition) is 1. The molecule has 0 aromatic carbocycles. The Morgan fingerprint density at radius 2 is 2.17 bits per heavy atom. The van der Waals surface area contributed by atoms with E-state index >= 15 is 0 Å². The highest BCUT2D eigenvalue weighted by Crippen LogP contribution is 2.33. The summed E-state index contributed by atoms with van der Waals surface area (Å²) in [6, 6.07) is 3.81. The zero-order chi connectivity index (χ0) is 17.1. The number of rotatable bonds is 5. The lowest BCUT2D eigenvalue weighted by Crippen LogP contribution is -2.32. The predicted octanol–water partition coefficient (Wildman–Crippen LogP) is 2.87. The first kappa shape index (κ1) is 16.3. The van der Waals surface area contributed by atoms with Crippen molar-refractivity contribution in [3.05, 3.63) is 24.0 Å². The van der Waals surface area contributed by atoms with Crippen molar-refractivity contribution in [3.8, 4) is 11.5 Å². The van der Waals surface area contributed by atoms with Crippen LogP contribution in [0.15, 0.2) is 22.8 Å². The molecule has 2 heterocycles. The molecule has 1 fully saturated rings. The molecule has 2 aromatic rings. The Bertz CT molecular complexity index is 709. The van der Waals surface area contributed by atoms with Gasteiger partial charge in [-0.3, -0.25) is 0 Å². The average molecular weight is 330 g/mol. The van der Waals surface area contributed by atoms with Gasteiger partial charge in [-0.2, -0.15) is 4.98 Å². The zero-order valence-electron chi connectivity index (χ0n) is 14.0. The number of nitrogens with two attached hydrogens (primary N) is 1. The van der Waals surface area contributed by atoms with Gasteiger partial charge in [0.05, 0.1) is 12.9 Å². The van der Waals surface area contributed by atoms with Gasteiger partial charge in [0.2, 0.25) is 5.95 Å². The van der Waals surface area contributed by atoms with E-state index in [1.807, 2.05) is 11.9 Å². The van der Waals surface area contributed by atoms with Gasteiger partial charge in [-0.1, -0.05) is 12.8 Å². The van der Waals surface area contributed by atoms with Gasteiger partial charge in [0, 0.05) is 13.1 Å². The zero-order valence-corrected chi connectivity index (χ0v) is 14.0. The van der Waals surface area contributed by atoms with E-state index in [-0.39, 0.29) is 12.6 Å². The van der Waals surface area contributed by atoms with E-state index < -0.39 is 5.97 Å². The lowest BCUT2D eigenvalue weighted by molar-refractivity contribution is 0.0527. The summed E-state index contributed by atoms with van der Waals surface area (Å²) in [7, 11) is 1.94. The number of carbonyl (C=O) groups excluding carboxylic acids is 1. The van der Waals surface area contributed by atoms with Gasteiger partial charge < -0.3 is 19.8 Å². The second-order valence-corrected chi connectivity index (χ2v) is 5.88. The van der Waals surface area contributed by atoms with E-state index in [2.05, 4.69) is 9.97 Å². The molecule has 24 heavy (non-hydrogen) atoms. The SMILES string of the molecule is CCOC(=O)c1c(-c2ccco2)nc(N)nc1N(C)C1CCCC1. The Kier molecular flexibility index (Phi) is 4.69. The molecule has 0 unspecified atom stereocenters. The fraction of sp³-hybridized carbons (Fsp3) is 0.471. The Hall–Kier alpha value is -2.57. The third-order valence-corrected chi connectivity index (χ3v) is 4.35. The van der Waals surface area contributed by atoms with Crippen molar-refractivity contribution in [2.24, 2.45) is 0 Å². The van der Waals surface area contributed by atoms with E-state index in [0.717, 1.165) is 12.8 Å². The standard InChI is InChI=1S/C17H22N4O3/c1-3-23-16(22)13-14(12-9-6-10-24-12)19-17(18)20-15(13)21(2)11-7-4-5-8-11/h6,9-11H,3-5,7-8H2,1-2H3,(H2,18,19,20). The molecule has 1 aliphatic carbocycles. The van der Waals surface area contributed by atoms with Crippen LogP contribution in [-0.2, 0) is 4.74 Å². The van der Waals surface area contributed by atoms with E-state index in [4.69, 9.17) is 14.9 Å². The van der Waals surface area contributed by atoms with E-state index in [1.54, 1.807) is 19.1 Å². The lowest BCUT2D eigenvalue weighted by atomic mass is 10.1. The minimum atomic E-state index is -0.469. The molecule has 2 aromatic heterocycles. The number of furan rings is 1. The van der Waals surface area contributed by atoms with Gasteiger partial charge in [0.25, 0.3) is 0 Å². The molecule has 2 N–H and O–H groups in total. The molecule has 0 spiro atoms. The summed E-state index contributed by atoms with van der Waals surface area (Å²) in [5.41, 5.74) is 6.57. The van der Waals surface area contributed by atoms with Crippen molar-refractivity contribution in [2.75, 3.05) is 24.3 Å². The monoisotopic (exact) mass is 330 g/mol.